The minimum atomic E-state index is -0.891. The molecule has 5 nitrogen and oxygen atoms in total. The van der Waals surface area contributed by atoms with E-state index < -0.39 is 5.97 Å². The third-order valence-electron chi connectivity index (χ3n) is 3.75. The molecule has 0 aliphatic carbocycles. The number of nitrogens with zero attached hydrogens (tertiary/aromatic N) is 2. The Bertz CT molecular complexity index is 659. The van der Waals surface area contributed by atoms with Crippen molar-refractivity contribution in [3.05, 3.63) is 41.2 Å². The van der Waals surface area contributed by atoms with Gasteiger partial charge in [-0.15, -0.1) is 0 Å². The van der Waals surface area contributed by atoms with Gasteiger partial charge < -0.3 is 9.84 Å². The van der Waals surface area contributed by atoms with Gasteiger partial charge in [0.1, 0.15) is 6.54 Å². The van der Waals surface area contributed by atoms with Gasteiger partial charge in [-0.2, -0.15) is 5.10 Å². The molecule has 1 aromatic carbocycles. The van der Waals surface area contributed by atoms with E-state index in [0.29, 0.717) is 6.61 Å². The Morgan fingerprint density at radius 3 is 2.50 bits per heavy atom. The Morgan fingerprint density at radius 1 is 1.32 bits per heavy atom. The van der Waals surface area contributed by atoms with Gasteiger partial charge in [-0.05, 0) is 38.8 Å². The van der Waals surface area contributed by atoms with Crippen molar-refractivity contribution in [2.24, 2.45) is 0 Å². The molecule has 0 saturated carbocycles. The Morgan fingerprint density at radius 2 is 1.95 bits per heavy atom. The molecule has 0 bridgehead atoms. The second kappa shape index (κ2) is 6.75. The maximum atomic E-state index is 10.9. The average molecular weight is 302 g/mol. The zero-order valence-electron chi connectivity index (χ0n) is 13.5. The van der Waals surface area contributed by atoms with Crippen LogP contribution in [0.4, 0.5) is 0 Å². The summed E-state index contributed by atoms with van der Waals surface area (Å²) in [6.45, 7) is 8.37. The van der Waals surface area contributed by atoms with Crippen molar-refractivity contribution in [1.82, 2.24) is 9.78 Å². The number of ether oxygens (including phenoxy) is 1. The van der Waals surface area contributed by atoms with Crippen molar-refractivity contribution in [2.45, 2.75) is 40.3 Å². The summed E-state index contributed by atoms with van der Waals surface area (Å²) in [5.74, 6) is -0.891. The third-order valence-corrected chi connectivity index (χ3v) is 3.75. The summed E-state index contributed by atoms with van der Waals surface area (Å²) in [5, 5.41) is 13.3. The first-order valence-corrected chi connectivity index (χ1v) is 7.41. The number of benzene rings is 1. The predicted molar refractivity (Wildman–Crippen MR) is 84.8 cm³/mol. The number of rotatable bonds is 6. The largest absolute Gasteiger partial charge is 0.480 e. The number of carbonyl (C=O) groups is 1. The lowest BCUT2D eigenvalue weighted by atomic mass is 10.0. The van der Waals surface area contributed by atoms with E-state index in [2.05, 4.69) is 5.10 Å². The molecule has 1 heterocycles. The maximum absolute atomic E-state index is 10.9. The molecule has 118 valence electrons. The van der Waals surface area contributed by atoms with E-state index in [1.807, 2.05) is 52.0 Å². The van der Waals surface area contributed by atoms with E-state index in [1.165, 1.54) is 4.68 Å². The highest BCUT2D eigenvalue weighted by Crippen LogP contribution is 2.28. The average Bonchev–Trinajstić information content (AvgIpc) is 2.73. The molecule has 0 spiro atoms. The molecule has 1 atom stereocenters. The van der Waals surface area contributed by atoms with Crippen LogP contribution in [0.5, 0.6) is 0 Å². The van der Waals surface area contributed by atoms with Crippen LogP contribution in [-0.2, 0) is 16.1 Å². The van der Waals surface area contributed by atoms with Crippen molar-refractivity contribution in [3.8, 4) is 11.1 Å². The molecule has 1 aromatic heterocycles. The summed E-state index contributed by atoms with van der Waals surface area (Å²) >= 11 is 0. The lowest BCUT2D eigenvalue weighted by molar-refractivity contribution is -0.137. The van der Waals surface area contributed by atoms with Crippen LogP contribution < -0.4 is 0 Å². The molecule has 1 N–H and O–H groups in total. The maximum Gasteiger partial charge on any atom is 0.325 e. The molecule has 0 radical (unpaired) electrons. The minimum Gasteiger partial charge on any atom is -0.480 e. The molecule has 0 unspecified atom stereocenters. The highest BCUT2D eigenvalue weighted by molar-refractivity contribution is 5.71. The van der Waals surface area contributed by atoms with E-state index in [1.54, 1.807) is 0 Å². The van der Waals surface area contributed by atoms with Gasteiger partial charge in [-0.25, -0.2) is 0 Å². The molecule has 2 rings (SSSR count). The lowest BCUT2D eigenvalue weighted by Crippen LogP contribution is -2.11. The summed E-state index contributed by atoms with van der Waals surface area (Å²) in [4.78, 5) is 10.9. The number of carboxylic acid groups (broad SMARTS) is 1. The second-order valence-electron chi connectivity index (χ2n) is 5.32. The Hall–Kier alpha value is -2.14. The zero-order valence-corrected chi connectivity index (χ0v) is 13.5. The molecule has 2 aromatic rings. The second-order valence-corrected chi connectivity index (χ2v) is 5.32. The monoisotopic (exact) mass is 302 g/mol. The van der Waals surface area contributed by atoms with Crippen LogP contribution in [-0.4, -0.2) is 27.5 Å². The summed E-state index contributed by atoms with van der Waals surface area (Å²) in [7, 11) is 0. The first-order valence-electron chi connectivity index (χ1n) is 7.41. The zero-order chi connectivity index (χ0) is 16.3. The minimum absolute atomic E-state index is 0.0657. The third kappa shape index (κ3) is 3.36. The first-order chi connectivity index (χ1) is 10.4. The van der Waals surface area contributed by atoms with Gasteiger partial charge in [0.15, 0.2) is 0 Å². The lowest BCUT2D eigenvalue weighted by Gasteiger charge is -2.12. The molecule has 0 amide bonds. The molecule has 0 saturated heterocycles. The van der Waals surface area contributed by atoms with Crippen LogP contribution in [0.25, 0.3) is 11.1 Å². The van der Waals surface area contributed by atoms with Gasteiger partial charge in [-0.1, -0.05) is 24.3 Å². The summed E-state index contributed by atoms with van der Waals surface area (Å²) in [6.07, 6.45) is 0.0657. The predicted octanol–water partition coefficient (Wildman–Crippen LogP) is 3.35. The number of aryl methyl sites for hydroxylation is 1. The number of hydrogen-bond donors (Lipinski definition) is 1. The molecule has 0 fully saturated rings. The van der Waals surface area contributed by atoms with Crippen molar-refractivity contribution in [1.29, 1.82) is 0 Å². The SMILES string of the molecule is CCO[C@H](C)c1ccc(-c2c(C)nn(CC(=O)O)c2C)cc1. The quantitative estimate of drug-likeness (QED) is 0.888. The van der Waals surface area contributed by atoms with Crippen molar-refractivity contribution in [3.63, 3.8) is 0 Å². The van der Waals surface area contributed by atoms with Crippen LogP contribution in [0.3, 0.4) is 0 Å². The molecular weight excluding hydrogens is 280 g/mol. The Kier molecular flexibility index (Phi) is 4.98. The fourth-order valence-electron chi connectivity index (χ4n) is 2.66. The molecule has 22 heavy (non-hydrogen) atoms. The van der Waals surface area contributed by atoms with Crippen molar-refractivity contribution >= 4 is 5.97 Å². The van der Waals surface area contributed by atoms with E-state index in [-0.39, 0.29) is 12.6 Å². The standard InChI is InChI=1S/C17H22N2O3/c1-5-22-13(4)14-6-8-15(9-7-14)17-11(2)18-19(12(17)3)10-16(20)21/h6-9,13H,5,10H2,1-4H3,(H,20,21)/t13-/m1/s1. The molecule has 0 aliphatic heterocycles. The Labute approximate surface area is 130 Å². The normalized spacial score (nSPS) is 12.4. The molecule has 0 aliphatic rings. The molecule has 5 heteroatoms. The van der Waals surface area contributed by atoms with Crippen molar-refractivity contribution in [2.75, 3.05) is 6.61 Å². The van der Waals surface area contributed by atoms with Gasteiger partial charge in [0.05, 0.1) is 11.8 Å². The van der Waals surface area contributed by atoms with Crippen LogP contribution in [0.2, 0.25) is 0 Å². The first kappa shape index (κ1) is 16.2. The van der Waals surface area contributed by atoms with Gasteiger partial charge >= 0.3 is 5.97 Å². The summed E-state index contributed by atoms with van der Waals surface area (Å²) < 4.78 is 7.12. The van der Waals surface area contributed by atoms with Crippen molar-refractivity contribution < 1.29 is 14.6 Å². The van der Waals surface area contributed by atoms with Crippen LogP contribution in [0, 0.1) is 13.8 Å². The highest BCUT2D eigenvalue weighted by atomic mass is 16.5. The van der Waals surface area contributed by atoms with Gasteiger partial charge in [-0.3, -0.25) is 9.48 Å². The van der Waals surface area contributed by atoms with Crippen LogP contribution in [0.15, 0.2) is 24.3 Å². The number of carboxylic acids is 1. The van der Waals surface area contributed by atoms with Crippen LogP contribution >= 0.6 is 0 Å². The van der Waals surface area contributed by atoms with E-state index in [9.17, 15) is 4.79 Å². The molecular formula is C17H22N2O3. The van der Waals surface area contributed by atoms with Gasteiger partial charge in [0.2, 0.25) is 0 Å². The fourth-order valence-corrected chi connectivity index (χ4v) is 2.66. The Balaban J connectivity index is 2.32. The highest BCUT2D eigenvalue weighted by Gasteiger charge is 2.15. The van der Waals surface area contributed by atoms with Crippen LogP contribution in [0.1, 0.15) is 36.9 Å². The van der Waals surface area contributed by atoms with Gasteiger partial charge in [0, 0.05) is 17.9 Å². The van der Waals surface area contributed by atoms with Gasteiger partial charge in [0.25, 0.3) is 0 Å². The smallest absolute Gasteiger partial charge is 0.325 e. The summed E-state index contributed by atoms with van der Waals surface area (Å²) in [5.41, 5.74) is 4.87. The topological polar surface area (TPSA) is 64.4 Å². The number of aliphatic carboxylic acids is 1. The fraction of sp³-hybridized carbons (Fsp3) is 0.412. The summed E-state index contributed by atoms with van der Waals surface area (Å²) in [6, 6.07) is 8.16. The van der Waals surface area contributed by atoms with E-state index >= 15 is 0 Å². The van der Waals surface area contributed by atoms with E-state index in [0.717, 1.165) is 28.1 Å². The number of hydrogen-bond acceptors (Lipinski definition) is 3. The van der Waals surface area contributed by atoms with E-state index in [4.69, 9.17) is 9.84 Å². The number of aromatic nitrogens is 2.